The van der Waals surface area contributed by atoms with Gasteiger partial charge in [0.15, 0.2) is 0 Å². The molecular formula is C13H21NO. The lowest BCUT2D eigenvalue weighted by atomic mass is 9.88. The normalized spacial score (nSPS) is 14.1. The third-order valence-electron chi connectivity index (χ3n) is 2.98. The van der Waals surface area contributed by atoms with Crippen molar-refractivity contribution in [3.63, 3.8) is 0 Å². The van der Waals surface area contributed by atoms with Crippen molar-refractivity contribution < 1.29 is 5.11 Å². The number of nitrogens with two attached hydrogens (primary N) is 1. The van der Waals surface area contributed by atoms with Crippen LogP contribution in [0, 0.1) is 20.8 Å². The lowest BCUT2D eigenvalue weighted by Crippen LogP contribution is -2.35. The average molecular weight is 207 g/mol. The molecule has 1 aromatic rings. The Kier molecular flexibility index (Phi) is 3.22. The minimum absolute atomic E-state index is 0.336. The molecule has 0 bridgehead atoms. The number of benzene rings is 1. The number of hydrogen-bond acceptors (Lipinski definition) is 2. The summed E-state index contributed by atoms with van der Waals surface area (Å²) in [5.41, 5.74) is 9.82. The van der Waals surface area contributed by atoms with Crippen LogP contribution in [0.15, 0.2) is 12.1 Å². The van der Waals surface area contributed by atoms with Gasteiger partial charge in [0.1, 0.15) is 0 Å². The van der Waals surface area contributed by atoms with Crippen LogP contribution in [-0.4, -0.2) is 10.7 Å². The van der Waals surface area contributed by atoms with Gasteiger partial charge in [-0.1, -0.05) is 12.1 Å². The van der Waals surface area contributed by atoms with Gasteiger partial charge in [-0.3, -0.25) is 0 Å². The molecule has 0 aromatic heterocycles. The van der Waals surface area contributed by atoms with Gasteiger partial charge >= 0.3 is 0 Å². The Morgan fingerprint density at radius 1 is 1.07 bits per heavy atom. The smallest absolute Gasteiger partial charge is 0.0783 e. The maximum atomic E-state index is 9.90. The fraction of sp³-hybridized carbons (Fsp3) is 0.538. The molecule has 0 amide bonds. The highest BCUT2D eigenvalue weighted by atomic mass is 16.3. The van der Waals surface area contributed by atoms with Crippen LogP contribution in [0.3, 0.4) is 0 Å². The van der Waals surface area contributed by atoms with Crippen molar-refractivity contribution in [2.45, 2.75) is 46.3 Å². The lowest BCUT2D eigenvalue weighted by Gasteiger charge is -2.28. The number of aliphatic hydroxyl groups is 1. The van der Waals surface area contributed by atoms with Gasteiger partial charge in [-0.25, -0.2) is 0 Å². The van der Waals surface area contributed by atoms with Crippen molar-refractivity contribution in [3.8, 4) is 0 Å². The highest BCUT2D eigenvalue weighted by molar-refractivity contribution is 5.39. The summed E-state index contributed by atoms with van der Waals surface area (Å²) < 4.78 is 0. The molecule has 0 radical (unpaired) electrons. The van der Waals surface area contributed by atoms with Gasteiger partial charge in [-0.15, -0.1) is 0 Å². The molecule has 0 aliphatic heterocycles. The Hall–Kier alpha value is -0.860. The molecule has 2 heteroatoms. The summed E-state index contributed by atoms with van der Waals surface area (Å²) in [4.78, 5) is 0. The molecule has 1 aromatic carbocycles. The van der Waals surface area contributed by atoms with E-state index in [2.05, 4.69) is 26.0 Å². The second-order valence-corrected chi connectivity index (χ2v) is 4.92. The molecule has 0 aliphatic rings. The standard InChI is InChI=1S/C13H21NO/c1-8-6-10(3)11(7-9(8)2)12(14)13(4,5)15/h6-7,12,15H,14H2,1-5H3. The lowest BCUT2D eigenvalue weighted by molar-refractivity contribution is 0.0515. The minimum Gasteiger partial charge on any atom is -0.388 e. The van der Waals surface area contributed by atoms with Crippen molar-refractivity contribution in [2.75, 3.05) is 0 Å². The highest BCUT2D eigenvalue weighted by Crippen LogP contribution is 2.27. The van der Waals surface area contributed by atoms with Gasteiger partial charge in [-0.05, 0) is 56.9 Å². The van der Waals surface area contributed by atoms with Crippen LogP contribution in [0.4, 0.5) is 0 Å². The predicted molar refractivity (Wildman–Crippen MR) is 63.9 cm³/mol. The molecule has 1 rings (SSSR count). The molecule has 0 saturated heterocycles. The van der Waals surface area contributed by atoms with Gasteiger partial charge in [-0.2, -0.15) is 0 Å². The van der Waals surface area contributed by atoms with Crippen molar-refractivity contribution in [1.82, 2.24) is 0 Å². The summed E-state index contributed by atoms with van der Waals surface area (Å²) in [6, 6.07) is 3.86. The van der Waals surface area contributed by atoms with Crippen molar-refractivity contribution in [2.24, 2.45) is 5.73 Å². The van der Waals surface area contributed by atoms with Gasteiger partial charge < -0.3 is 10.8 Å². The van der Waals surface area contributed by atoms with Gasteiger partial charge in [0.25, 0.3) is 0 Å². The number of rotatable bonds is 2. The van der Waals surface area contributed by atoms with E-state index < -0.39 is 5.60 Å². The second-order valence-electron chi connectivity index (χ2n) is 4.92. The molecule has 0 heterocycles. The first-order valence-corrected chi connectivity index (χ1v) is 5.29. The predicted octanol–water partition coefficient (Wildman–Crippen LogP) is 2.38. The molecule has 1 unspecified atom stereocenters. The molecule has 0 fully saturated rings. The fourth-order valence-electron chi connectivity index (χ4n) is 1.70. The summed E-state index contributed by atoms with van der Waals surface area (Å²) in [5.74, 6) is 0. The average Bonchev–Trinajstić information content (AvgIpc) is 2.08. The molecule has 0 saturated carbocycles. The third kappa shape index (κ3) is 2.58. The SMILES string of the molecule is Cc1cc(C)c(C(N)C(C)(C)O)cc1C. The quantitative estimate of drug-likeness (QED) is 0.782. The molecule has 15 heavy (non-hydrogen) atoms. The molecule has 84 valence electrons. The molecule has 0 aliphatic carbocycles. The monoisotopic (exact) mass is 207 g/mol. The van der Waals surface area contributed by atoms with Crippen molar-refractivity contribution in [3.05, 3.63) is 34.4 Å². The zero-order valence-corrected chi connectivity index (χ0v) is 10.3. The van der Waals surface area contributed by atoms with Crippen LogP contribution >= 0.6 is 0 Å². The third-order valence-corrected chi connectivity index (χ3v) is 2.98. The zero-order chi connectivity index (χ0) is 11.8. The van der Waals surface area contributed by atoms with Gasteiger partial charge in [0.2, 0.25) is 0 Å². The van der Waals surface area contributed by atoms with Gasteiger partial charge in [0, 0.05) is 0 Å². The van der Waals surface area contributed by atoms with Crippen LogP contribution in [0.2, 0.25) is 0 Å². The molecule has 3 N–H and O–H groups in total. The summed E-state index contributed by atoms with van der Waals surface area (Å²) in [7, 11) is 0. The van der Waals surface area contributed by atoms with Crippen LogP contribution in [0.25, 0.3) is 0 Å². The zero-order valence-electron chi connectivity index (χ0n) is 10.3. The largest absolute Gasteiger partial charge is 0.388 e. The van der Waals surface area contributed by atoms with Crippen molar-refractivity contribution >= 4 is 0 Å². The maximum absolute atomic E-state index is 9.90. The summed E-state index contributed by atoms with van der Waals surface area (Å²) in [6.45, 7) is 9.67. The Bertz CT molecular complexity index is 364. The van der Waals surface area contributed by atoms with Crippen LogP contribution in [0.5, 0.6) is 0 Å². The van der Waals surface area contributed by atoms with E-state index in [1.807, 2.05) is 6.92 Å². The van der Waals surface area contributed by atoms with Crippen LogP contribution < -0.4 is 5.73 Å². The van der Waals surface area contributed by atoms with Crippen molar-refractivity contribution in [1.29, 1.82) is 0 Å². The van der Waals surface area contributed by atoms with E-state index >= 15 is 0 Å². The van der Waals surface area contributed by atoms with E-state index in [1.165, 1.54) is 11.1 Å². The second kappa shape index (κ2) is 3.95. The topological polar surface area (TPSA) is 46.2 Å². The first kappa shape index (κ1) is 12.2. The van der Waals surface area contributed by atoms with E-state index in [0.29, 0.717) is 0 Å². The van der Waals surface area contributed by atoms with E-state index in [9.17, 15) is 5.11 Å². The molecular weight excluding hydrogens is 186 g/mol. The summed E-state index contributed by atoms with van der Waals surface area (Å²) >= 11 is 0. The molecule has 2 nitrogen and oxygen atoms in total. The first-order chi connectivity index (χ1) is 6.73. The summed E-state index contributed by atoms with van der Waals surface area (Å²) in [5, 5.41) is 9.90. The Morgan fingerprint density at radius 3 is 2.00 bits per heavy atom. The first-order valence-electron chi connectivity index (χ1n) is 5.29. The minimum atomic E-state index is -0.882. The summed E-state index contributed by atoms with van der Waals surface area (Å²) in [6.07, 6.45) is 0. The molecule has 0 spiro atoms. The Morgan fingerprint density at radius 2 is 1.53 bits per heavy atom. The van der Waals surface area contributed by atoms with E-state index in [4.69, 9.17) is 5.73 Å². The fourth-order valence-corrected chi connectivity index (χ4v) is 1.70. The number of hydrogen-bond donors (Lipinski definition) is 2. The Labute approximate surface area is 92.1 Å². The van der Waals surface area contributed by atoms with E-state index in [0.717, 1.165) is 11.1 Å². The van der Waals surface area contributed by atoms with Crippen LogP contribution in [-0.2, 0) is 0 Å². The van der Waals surface area contributed by atoms with Crippen LogP contribution in [0.1, 0.15) is 42.1 Å². The maximum Gasteiger partial charge on any atom is 0.0783 e. The highest BCUT2D eigenvalue weighted by Gasteiger charge is 2.25. The van der Waals surface area contributed by atoms with Gasteiger partial charge in [0.05, 0.1) is 11.6 Å². The molecule has 1 atom stereocenters. The number of aryl methyl sites for hydroxylation is 3. The van der Waals surface area contributed by atoms with E-state index in [-0.39, 0.29) is 6.04 Å². The Balaban J connectivity index is 3.21. The van der Waals surface area contributed by atoms with E-state index in [1.54, 1.807) is 13.8 Å².